The van der Waals surface area contributed by atoms with Gasteiger partial charge in [-0.15, -0.1) is 0 Å². The summed E-state index contributed by atoms with van der Waals surface area (Å²) in [5.41, 5.74) is 0.209. The topological polar surface area (TPSA) is 83.5 Å². The van der Waals surface area contributed by atoms with Gasteiger partial charge in [-0.1, -0.05) is 30.3 Å². The zero-order valence-corrected chi connectivity index (χ0v) is 11.8. The Balaban J connectivity index is 2.36. The number of carboxylic acid groups (broad SMARTS) is 1. The summed E-state index contributed by atoms with van der Waals surface area (Å²) < 4.78 is 52.2. The third-order valence-electron chi connectivity index (χ3n) is 2.85. The molecule has 8 heteroatoms. The third kappa shape index (κ3) is 3.46. The summed E-state index contributed by atoms with van der Waals surface area (Å²) in [4.78, 5) is 10.7. The molecule has 5 nitrogen and oxygen atoms in total. The molecule has 0 aromatic heterocycles. The molecule has 116 valence electrons. The van der Waals surface area contributed by atoms with Crippen LogP contribution in [0.4, 0.5) is 8.78 Å². The van der Waals surface area contributed by atoms with Gasteiger partial charge in [0.05, 0.1) is 4.90 Å². The number of sulfonamides is 1. The molecule has 0 saturated heterocycles. The number of aliphatic carboxylic acids is 1. The fourth-order valence-electron chi connectivity index (χ4n) is 1.77. The summed E-state index contributed by atoms with van der Waals surface area (Å²) in [6.45, 7) is 0. The highest BCUT2D eigenvalue weighted by Crippen LogP contribution is 2.19. The van der Waals surface area contributed by atoms with Crippen molar-refractivity contribution in [1.29, 1.82) is 0 Å². The Morgan fingerprint density at radius 1 is 1.05 bits per heavy atom. The minimum absolute atomic E-state index is 0.209. The molecule has 0 bridgehead atoms. The molecule has 0 aliphatic carbocycles. The van der Waals surface area contributed by atoms with E-state index in [0.29, 0.717) is 12.1 Å². The first-order chi connectivity index (χ1) is 10.3. The summed E-state index contributed by atoms with van der Waals surface area (Å²) in [5, 5.41) is 9.17. The predicted octanol–water partition coefficient (Wildman–Crippen LogP) is 2.07. The summed E-state index contributed by atoms with van der Waals surface area (Å²) in [6.07, 6.45) is 0. The fraction of sp³-hybridized carbons (Fsp3) is 0.0714. The molecule has 2 aromatic carbocycles. The summed E-state index contributed by atoms with van der Waals surface area (Å²) in [6, 6.07) is 8.08. The van der Waals surface area contributed by atoms with E-state index < -0.39 is 38.6 Å². The standard InChI is InChI=1S/C14H11F2NO4S/c15-11-7-6-10(8-12(11)16)22(20,21)17-13(14(18)19)9-4-2-1-3-5-9/h1-8,13,17H,(H,18,19). The molecule has 0 spiro atoms. The molecule has 0 aliphatic rings. The molecule has 0 radical (unpaired) electrons. The van der Waals surface area contributed by atoms with Crippen LogP contribution >= 0.6 is 0 Å². The Morgan fingerprint density at radius 2 is 1.68 bits per heavy atom. The fourth-order valence-corrected chi connectivity index (χ4v) is 2.96. The van der Waals surface area contributed by atoms with Crippen molar-refractivity contribution in [3.05, 3.63) is 65.7 Å². The largest absolute Gasteiger partial charge is 0.480 e. The number of hydrogen-bond acceptors (Lipinski definition) is 3. The zero-order chi connectivity index (χ0) is 16.3. The molecule has 2 N–H and O–H groups in total. The SMILES string of the molecule is O=C(O)C(NS(=O)(=O)c1ccc(F)c(F)c1)c1ccccc1. The maximum Gasteiger partial charge on any atom is 0.326 e. The lowest BCUT2D eigenvalue weighted by molar-refractivity contribution is -0.139. The maximum atomic E-state index is 13.1. The van der Waals surface area contributed by atoms with Crippen LogP contribution in [0.3, 0.4) is 0 Å². The van der Waals surface area contributed by atoms with Crippen LogP contribution in [-0.2, 0) is 14.8 Å². The number of rotatable bonds is 5. The van der Waals surface area contributed by atoms with Crippen molar-refractivity contribution in [3.8, 4) is 0 Å². The van der Waals surface area contributed by atoms with E-state index in [0.717, 1.165) is 6.07 Å². The molecular formula is C14H11F2NO4S. The lowest BCUT2D eigenvalue weighted by atomic mass is 10.1. The molecule has 0 heterocycles. The molecule has 22 heavy (non-hydrogen) atoms. The van der Waals surface area contributed by atoms with Crippen molar-refractivity contribution in [3.63, 3.8) is 0 Å². The van der Waals surface area contributed by atoms with E-state index >= 15 is 0 Å². The molecule has 0 saturated carbocycles. The van der Waals surface area contributed by atoms with Gasteiger partial charge in [-0.25, -0.2) is 17.2 Å². The first kappa shape index (κ1) is 16.1. The Kier molecular flexibility index (Phi) is 4.53. The van der Waals surface area contributed by atoms with Crippen molar-refractivity contribution in [2.45, 2.75) is 10.9 Å². The second kappa shape index (κ2) is 6.20. The van der Waals surface area contributed by atoms with Gasteiger partial charge in [0.15, 0.2) is 11.6 Å². The third-order valence-corrected chi connectivity index (χ3v) is 4.27. The number of carboxylic acids is 1. The molecule has 0 fully saturated rings. The van der Waals surface area contributed by atoms with Crippen LogP contribution in [0, 0.1) is 11.6 Å². The Hall–Kier alpha value is -2.32. The Labute approximate surface area is 125 Å². The predicted molar refractivity (Wildman–Crippen MR) is 73.5 cm³/mol. The highest BCUT2D eigenvalue weighted by atomic mass is 32.2. The lowest BCUT2D eigenvalue weighted by Gasteiger charge is -2.15. The zero-order valence-electron chi connectivity index (χ0n) is 11.0. The second-order valence-electron chi connectivity index (χ2n) is 4.38. The quantitative estimate of drug-likeness (QED) is 0.880. The number of carbonyl (C=O) groups is 1. The first-order valence-electron chi connectivity index (χ1n) is 6.06. The van der Waals surface area contributed by atoms with Crippen LogP contribution in [0.1, 0.15) is 11.6 Å². The lowest BCUT2D eigenvalue weighted by Crippen LogP contribution is -2.33. The Morgan fingerprint density at radius 3 is 2.23 bits per heavy atom. The van der Waals surface area contributed by atoms with Crippen LogP contribution < -0.4 is 4.72 Å². The summed E-state index contributed by atoms with van der Waals surface area (Å²) in [5.74, 6) is -3.95. The molecule has 2 aromatic rings. The van der Waals surface area contributed by atoms with Crippen molar-refractivity contribution in [2.24, 2.45) is 0 Å². The normalized spacial score (nSPS) is 12.8. The van der Waals surface area contributed by atoms with Gasteiger partial charge >= 0.3 is 5.97 Å². The monoisotopic (exact) mass is 327 g/mol. The van der Waals surface area contributed by atoms with Gasteiger partial charge in [0.2, 0.25) is 10.0 Å². The molecule has 1 atom stereocenters. The average Bonchev–Trinajstić information content (AvgIpc) is 2.48. The van der Waals surface area contributed by atoms with E-state index in [9.17, 15) is 27.1 Å². The van der Waals surface area contributed by atoms with Crippen molar-refractivity contribution in [1.82, 2.24) is 4.72 Å². The first-order valence-corrected chi connectivity index (χ1v) is 7.55. The smallest absolute Gasteiger partial charge is 0.326 e. The van der Waals surface area contributed by atoms with Crippen molar-refractivity contribution >= 4 is 16.0 Å². The van der Waals surface area contributed by atoms with Gasteiger partial charge in [-0.2, -0.15) is 4.72 Å². The number of benzene rings is 2. The van der Waals surface area contributed by atoms with Crippen molar-refractivity contribution in [2.75, 3.05) is 0 Å². The van der Waals surface area contributed by atoms with Gasteiger partial charge in [-0.05, 0) is 23.8 Å². The molecule has 0 amide bonds. The van der Waals surface area contributed by atoms with Crippen LogP contribution in [0.15, 0.2) is 53.4 Å². The highest BCUT2D eigenvalue weighted by Gasteiger charge is 2.27. The number of halogens is 2. The van der Waals surface area contributed by atoms with Gasteiger partial charge in [0.1, 0.15) is 6.04 Å². The van der Waals surface area contributed by atoms with E-state index in [2.05, 4.69) is 0 Å². The molecule has 1 unspecified atom stereocenters. The minimum atomic E-state index is -4.33. The van der Waals surface area contributed by atoms with E-state index in [1.807, 2.05) is 4.72 Å². The molecular weight excluding hydrogens is 316 g/mol. The average molecular weight is 327 g/mol. The summed E-state index contributed by atoms with van der Waals surface area (Å²) >= 11 is 0. The van der Waals surface area contributed by atoms with Gasteiger partial charge in [0, 0.05) is 0 Å². The molecule has 0 aliphatic heterocycles. The van der Waals surface area contributed by atoms with E-state index in [-0.39, 0.29) is 5.56 Å². The van der Waals surface area contributed by atoms with E-state index in [4.69, 9.17) is 0 Å². The van der Waals surface area contributed by atoms with Crippen LogP contribution in [0.25, 0.3) is 0 Å². The van der Waals surface area contributed by atoms with Crippen LogP contribution in [-0.4, -0.2) is 19.5 Å². The van der Waals surface area contributed by atoms with E-state index in [1.165, 1.54) is 12.1 Å². The van der Waals surface area contributed by atoms with Crippen LogP contribution in [0.5, 0.6) is 0 Å². The second-order valence-corrected chi connectivity index (χ2v) is 6.09. The van der Waals surface area contributed by atoms with Crippen LogP contribution in [0.2, 0.25) is 0 Å². The summed E-state index contributed by atoms with van der Waals surface area (Å²) in [7, 11) is -4.33. The van der Waals surface area contributed by atoms with Gasteiger partial charge < -0.3 is 5.11 Å². The maximum absolute atomic E-state index is 13.1. The van der Waals surface area contributed by atoms with Gasteiger partial charge in [0.25, 0.3) is 0 Å². The number of hydrogen-bond donors (Lipinski definition) is 2. The number of nitrogens with one attached hydrogen (secondary N) is 1. The van der Waals surface area contributed by atoms with E-state index in [1.54, 1.807) is 18.2 Å². The van der Waals surface area contributed by atoms with Crippen molar-refractivity contribution < 1.29 is 27.1 Å². The highest BCUT2D eigenvalue weighted by molar-refractivity contribution is 7.89. The molecule has 2 rings (SSSR count). The minimum Gasteiger partial charge on any atom is -0.480 e. The Bertz CT molecular complexity index is 794. The van der Waals surface area contributed by atoms with Gasteiger partial charge in [-0.3, -0.25) is 4.79 Å².